The zero-order valence-electron chi connectivity index (χ0n) is 11.9. The van der Waals surface area contributed by atoms with Crippen LogP contribution in [0.2, 0.25) is 0 Å². The second-order valence-electron chi connectivity index (χ2n) is 5.48. The van der Waals surface area contributed by atoms with Crippen molar-refractivity contribution in [1.29, 1.82) is 0 Å². The van der Waals surface area contributed by atoms with Crippen LogP contribution in [0.5, 0.6) is 0 Å². The molecule has 0 atom stereocenters. The molecule has 6 heteroatoms. The van der Waals surface area contributed by atoms with Crippen LogP contribution in [0.3, 0.4) is 0 Å². The fraction of sp³-hybridized carbons (Fsp3) is 0.571. The number of nitrogen functional groups attached to an aromatic ring is 1. The molecule has 0 radical (unpaired) electrons. The zero-order chi connectivity index (χ0) is 14.5. The van der Waals surface area contributed by atoms with Crippen molar-refractivity contribution < 1.29 is 4.79 Å². The quantitative estimate of drug-likeness (QED) is 0.743. The third-order valence-corrected chi connectivity index (χ3v) is 3.77. The first-order valence-corrected chi connectivity index (χ1v) is 7.08. The van der Waals surface area contributed by atoms with Crippen LogP contribution in [0.4, 0.5) is 11.5 Å². The summed E-state index contributed by atoms with van der Waals surface area (Å²) in [6, 6.07) is 1.56. The van der Waals surface area contributed by atoms with E-state index in [2.05, 4.69) is 22.1 Å². The maximum absolute atomic E-state index is 11.4. The summed E-state index contributed by atoms with van der Waals surface area (Å²) >= 11 is 0. The highest BCUT2D eigenvalue weighted by Crippen LogP contribution is 2.17. The van der Waals surface area contributed by atoms with Crippen LogP contribution in [0.1, 0.15) is 30.1 Å². The summed E-state index contributed by atoms with van der Waals surface area (Å²) in [5, 5.41) is 3.17. The van der Waals surface area contributed by atoms with Gasteiger partial charge in [-0.25, -0.2) is 4.98 Å². The molecule has 1 aromatic heterocycles. The summed E-state index contributed by atoms with van der Waals surface area (Å²) < 4.78 is 0. The smallest absolute Gasteiger partial charge is 0.252 e. The molecule has 0 spiro atoms. The number of hydrogen-bond donors (Lipinski definition) is 3. The topological polar surface area (TPSA) is 97.3 Å². The second-order valence-corrected chi connectivity index (χ2v) is 5.48. The molecule has 0 unspecified atom stereocenters. The molecule has 2 heterocycles. The largest absolute Gasteiger partial charge is 0.397 e. The van der Waals surface area contributed by atoms with E-state index in [1.165, 1.54) is 19.0 Å². The van der Waals surface area contributed by atoms with Crippen molar-refractivity contribution >= 4 is 17.4 Å². The maximum atomic E-state index is 11.4. The number of nitrogens with one attached hydrogen (secondary N) is 1. The Morgan fingerprint density at radius 1 is 1.50 bits per heavy atom. The number of nitrogens with two attached hydrogens (primary N) is 2. The molecule has 110 valence electrons. The number of amides is 1. The first-order valence-electron chi connectivity index (χ1n) is 7.08. The van der Waals surface area contributed by atoms with Crippen LogP contribution < -0.4 is 16.8 Å². The molecule has 0 saturated carbocycles. The SMILES string of the molecule is CC1CCN(CCNc2ncc(N)cc2C(N)=O)CC1. The highest BCUT2D eigenvalue weighted by molar-refractivity contribution is 5.98. The number of primary amides is 1. The van der Waals surface area contributed by atoms with E-state index in [1.807, 2.05) is 0 Å². The van der Waals surface area contributed by atoms with E-state index in [0.717, 1.165) is 32.1 Å². The van der Waals surface area contributed by atoms with Crippen LogP contribution in [-0.4, -0.2) is 42.0 Å². The van der Waals surface area contributed by atoms with Gasteiger partial charge in [0, 0.05) is 13.1 Å². The molecule has 1 aromatic rings. The van der Waals surface area contributed by atoms with Gasteiger partial charge in [0.25, 0.3) is 5.91 Å². The van der Waals surface area contributed by atoms with Crippen LogP contribution in [0.25, 0.3) is 0 Å². The summed E-state index contributed by atoms with van der Waals surface area (Å²) in [4.78, 5) is 17.9. The van der Waals surface area contributed by atoms with E-state index < -0.39 is 5.91 Å². The summed E-state index contributed by atoms with van der Waals surface area (Å²) in [5.74, 6) is 0.829. The summed E-state index contributed by atoms with van der Waals surface area (Å²) in [7, 11) is 0. The van der Waals surface area contributed by atoms with E-state index in [-0.39, 0.29) is 0 Å². The third kappa shape index (κ3) is 3.84. The van der Waals surface area contributed by atoms with E-state index in [1.54, 1.807) is 6.07 Å². The molecule has 6 nitrogen and oxygen atoms in total. The Kier molecular flexibility index (Phi) is 4.79. The van der Waals surface area contributed by atoms with Gasteiger partial charge in [0.05, 0.1) is 17.4 Å². The number of anilines is 2. The minimum atomic E-state index is -0.515. The number of likely N-dealkylation sites (tertiary alicyclic amines) is 1. The van der Waals surface area contributed by atoms with Gasteiger partial charge in [0.2, 0.25) is 0 Å². The van der Waals surface area contributed by atoms with Crippen LogP contribution in [0.15, 0.2) is 12.3 Å². The molecule has 20 heavy (non-hydrogen) atoms. The summed E-state index contributed by atoms with van der Waals surface area (Å²) in [6.07, 6.45) is 4.04. The van der Waals surface area contributed by atoms with E-state index >= 15 is 0 Å². The van der Waals surface area contributed by atoms with Crippen molar-refractivity contribution in [2.45, 2.75) is 19.8 Å². The molecule has 0 aliphatic carbocycles. The Labute approximate surface area is 119 Å². The standard InChI is InChI=1S/C14H23N5O/c1-10-2-5-19(6-3-10)7-4-17-14-12(13(16)20)8-11(15)9-18-14/h8-10H,2-7,15H2,1H3,(H2,16,20)(H,17,18). The van der Waals surface area contributed by atoms with Gasteiger partial charge < -0.3 is 21.7 Å². The molecule has 1 saturated heterocycles. The van der Waals surface area contributed by atoms with Gasteiger partial charge in [-0.3, -0.25) is 4.79 Å². The number of rotatable bonds is 5. The van der Waals surface area contributed by atoms with Gasteiger partial charge in [-0.05, 0) is 37.9 Å². The van der Waals surface area contributed by atoms with Gasteiger partial charge in [-0.2, -0.15) is 0 Å². The number of nitrogens with zero attached hydrogens (tertiary/aromatic N) is 2. The Morgan fingerprint density at radius 2 is 2.20 bits per heavy atom. The highest BCUT2D eigenvalue weighted by atomic mass is 16.1. The fourth-order valence-corrected chi connectivity index (χ4v) is 2.43. The minimum absolute atomic E-state index is 0.345. The number of hydrogen-bond acceptors (Lipinski definition) is 5. The second kappa shape index (κ2) is 6.56. The van der Waals surface area contributed by atoms with Gasteiger partial charge in [0.15, 0.2) is 0 Å². The van der Waals surface area contributed by atoms with Crippen molar-refractivity contribution in [3.8, 4) is 0 Å². The number of piperidine rings is 1. The normalized spacial score (nSPS) is 17.1. The molecule has 0 aromatic carbocycles. The van der Waals surface area contributed by atoms with Crippen molar-refractivity contribution in [3.05, 3.63) is 17.8 Å². The van der Waals surface area contributed by atoms with Gasteiger partial charge in [-0.1, -0.05) is 6.92 Å². The number of aromatic nitrogens is 1. The van der Waals surface area contributed by atoms with Crippen LogP contribution >= 0.6 is 0 Å². The molecule has 1 aliphatic rings. The molecule has 1 amide bonds. The number of carbonyl (C=O) groups is 1. The van der Waals surface area contributed by atoms with E-state index in [0.29, 0.717) is 17.1 Å². The van der Waals surface area contributed by atoms with Crippen LogP contribution in [-0.2, 0) is 0 Å². The zero-order valence-corrected chi connectivity index (χ0v) is 11.9. The van der Waals surface area contributed by atoms with Gasteiger partial charge >= 0.3 is 0 Å². The summed E-state index contributed by atoms with van der Waals surface area (Å²) in [5.41, 5.74) is 11.7. The highest BCUT2D eigenvalue weighted by Gasteiger charge is 2.15. The van der Waals surface area contributed by atoms with Gasteiger partial charge in [0.1, 0.15) is 5.82 Å². The lowest BCUT2D eigenvalue weighted by atomic mass is 9.99. The Bertz CT molecular complexity index is 469. The van der Waals surface area contributed by atoms with E-state index in [4.69, 9.17) is 11.5 Å². The molecule has 5 N–H and O–H groups in total. The van der Waals surface area contributed by atoms with E-state index in [9.17, 15) is 4.79 Å². The maximum Gasteiger partial charge on any atom is 0.252 e. The lowest BCUT2D eigenvalue weighted by Gasteiger charge is -2.30. The molecular formula is C14H23N5O. The fourth-order valence-electron chi connectivity index (χ4n) is 2.43. The Balaban J connectivity index is 1.86. The predicted molar refractivity (Wildman–Crippen MR) is 80.5 cm³/mol. The molecule has 0 bridgehead atoms. The van der Waals surface area contributed by atoms with Crippen molar-refractivity contribution in [2.24, 2.45) is 11.7 Å². The average molecular weight is 277 g/mol. The lowest BCUT2D eigenvalue weighted by molar-refractivity contribution is 0.100. The monoisotopic (exact) mass is 277 g/mol. The third-order valence-electron chi connectivity index (χ3n) is 3.77. The Hall–Kier alpha value is -1.82. The average Bonchev–Trinajstić information content (AvgIpc) is 2.42. The molecular weight excluding hydrogens is 254 g/mol. The Morgan fingerprint density at radius 3 is 2.85 bits per heavy atom. The van der Waals surface area contributed by atoms with Crippen molar-refractivity contribution in [3.63, 3.8) is 0 Å². The first kappa shape index (κ1) is 14.6. The van der Waals surface area contributed by atoms with Gasteiger partial charge in [-0.15, -0.1) is 0 Å². The predicted octanol–water partition coefficient (Wildman–Crippen LogP) is 0.907. The first-order chi connectivity index (χ1) is 9.56. The summed E-state index contributed by atoms with van der Waals surface area (Å²) in [6.45, 7) is 6.26. The van der Waals surface area contributed by atoms with Crippen LogP contribution in [0, 0.1) is 5.92 Å². The number of pyridine rings is 1. The van der Waals surface area contributed by atoms with Crippen molar-refractivity contribution in [1.82, 2.24) is 9.88 Å². The lowest BCUT2D eigenvalue weighted by Crippen LogP contribution is -2.36. The van der Waals surface area contributed by atoms with Crippen molar-refractivity contribution in [2.75, 3.05) is 37.2 Å². The molecule has 1 fully saturated rings. The minimum Gasteiger partial charge on any atom is -0.397 e. The number of carbonyl (C=O) groups excluding carboxylic acids is 1. The molecule has 1 aliphatic heterocycles. The molecule has 2 rings (SSSR count).